The van der Waals surface area contributed by atoms with Crippen molar-refractivity contribution in [3.8, 4) is 16.8 Å². The third-order valence-electron chi connectivity index (χ3n) is 3.61. The summed E-state index contributed by atoms with van der Waals surface area (Å²) in [6, 6.07) is 8.99. The van der Waals surface area contributed by atoms with E-state index in [9.17, 15) is 21.6 Å². The van der Waals surface area contributed by atoms with Crippen LogP contribution in [0.5, 0.6) is 0 Å². The molecule has 0 aliphatic carbocycles. The van der Waals surface area contributed by atoms with Crippen LogP contribution in [0.1, 0.15) is 5.56 Å². The van der Waals surface area contributed by atoms with Crippen LogP contribution in [0.2, 0.25) is 5.02 Å². The summed E-state index contributed by atoms with van der Waals surface area (Å²) in [6.07, 6.45) is -2.18. The molecular weight excluding hydrogens is 391 g/mol. The van der Waals surface area contributed by atoms with Gasteiger partial charge in [0.15, 0.2) is 0 Å². The van der Waals surface area contributed by atoms with E-state index in [2.05, 4.69) is 5.10 Å². The Morgan fingerprint density at radius 3 is 2.27 bits per heavy atom. The third-order valence-corrected chi connectivity index (χ3v) is 4.75. The van der Waals surface area contributed by atoms with Gasteiger partial charge in [0.2, 0.25) is 10.0 Å². The molecule has 5 nitrogen and oxygen atoms in total. The first-order valence-electron chi connectivity index (χ1n) is 7.11. The lowest BCUT2D eigenvalue weighted by molar-refractivity contribution is -0.137. The van der Waals surface area contributed by atoms with Gasteiger partial charge in [-0.2, -0.15) is 18.3 Å². The Labute approximate surface area is 151 Å². The molecule has 0 aliphatic rings. The fourth-order valence-corrected chi connectivity index (χ4v) is 3.18. The van der Waals surface area contributed by atoms with Crippen LogP contribution < -0.4 is 5.14 Å². The molecule has 0 fully saturated rings. The molecule has 10 heteroatoms. The van der Waals surface area contributed by atoms with Gasteiger partial charge in [0.25, 0.3) is 0 Å². The summed E-state index contributed by atoms with van der Waals surface area (Å²) < 4.78 is 65.5. The molecule has 3 aromatic rings. The maximum absolute atomic E-state index is 13.7. The summed E-state index contributed by atoms with van der Waals surface area (Å²) in [5.41, 5.74) is -1.14. The largest absolute Gasteiger partial charge is 0.418 e. The molecule has 0 bridgehead atoms. The minimum Gasteiger partial charge on any atom is -0.240 e. The first-order chi connectivity index (χ1) is 12.1. The molecule has 0 saturated carbocycles. The highest BCUT2D eigenvalue weighted by Crippen LogP contribution is 2.40. The van der Waals surface area contributed by atoms with Gasteiger partial charge in [-0.25, -0.2) is 18.2 Å². The monoisotopic (exact) mass is 401 g/mol. The number of benzene rings is 2. The molecular formula is C16H11ClF3N3O2S. The number of hydrogen-bond acceptors (Lipinski definition) is 3. The first kappa shape index (κ1) is 18.4. The molecule has 26 heavy (non-hydrogen) atoms. The molecule has 2 aromatic carbocycles. The molecule has 0 unspecified atom stereocenters. The van der Waals surface area contributed by atoms with Crippen molar-refractivity contribution in [1.82, 2.24) is 9.78 Å². The van der Waals surface area contributed by atoms with Gasteiger partial charge in [0.05, 0.1) is 16.1 Å². The Morgan fingerprint density at radius 1 is 1.12 bits per heavy atom. The van der Waals surface area contributed by atoms with Gasteiger partial charge in [-0.3, -0.25) is 0 Å². The quantitative estimate of drug-likeness (QED) is 0.723. The Hall–Kier alpha value is -2.36. The molecule has 0 radical (unpaired) electrons. The number of alkyl halides is 3. The Kier molecular flexibility index (Phi) is 4.55. The number of halogens is 4. The van der Waals surface area contributed by atoms with E-state index in [1.165, 1.54) is 42.7 Å². The van der Waals surface area contributed by atoms with Crippen molar-refractivity contribution in [3.05, 3.63) is 65.4 Å². The molecule has 2 N–H and O–H groups in total. The lowest BCUT2D eigenvalue weighted by Crippen LogP contribution is -2.17. The van der Waals surface area contributed by atoms with Crippen molar-refractivity contribution in [2.24, 2.45) is 5.14 Å². The standard InChI is InChI=1S/C16H11ClF3N3O2S/c17-11-4-2-10(3-5-11)13-8-12(26(21,24)25)9-14(16(18,19)20)15(13)23-7-1-6-22-23/h1-9H,(H2,21,24,25). The van der Waals surface area contributed by atoms with E-state index in [0.29, 0.717) is 16.7 Å². The molecule has 0 aliphatic heterocycles. The van der Waals surface area contributed by atoms with E-state index in [1.807, 2.05) is 0 Å². The zero-order valence-corrected chi connectivity index (χ0v) is 14.5. The van der Waals surface area contributed by atoms with Crippen molar-refractivity contribution in [2.75, 3.05) is 0 Å². The van der Waals surface area contributed by atoms with Crippen molar-refractivity contribution < 1.29 is 21.6 Å². The Morgan fingerprint density at radius 2 is 1.77 bits per heavy atom. The summed E-state index contributed by atoms with van der Waals surface area (Å²) in [4.78, 5) is -0.648. The van der Waals surface area contributed by atoms with Gasteiger partial charge >= 0.3 is 6.18 Å². The van der Waals surface area contributed by atoms with E-state index < -0.39 is 26.7 Å². The van der Waals surface area contributed by atoms with Crippen LogP contribution in [-0.4, -0.2) is 18.2 Å². The predicted octanol–water partition coefficient (Wildman–Crippen LogP) is 3.86. The number of rotatable bonds is 3. The van der Waals surface area contributed by atoms with Crippen LogP contribution in [0, 0.1) is 0 Å². The SMILES string of the molecule is NS(=O)(=O)c1cc(-c2ccc(Cl)cc2)c(-n2cccn2)c(C(F)(F)F)c1. The van der Waals surface area contributed by atoms with Gasteiger partial charge in [0.1, 0.15) is 0 Å². The van der Waals surface area contributed by atoms with Crippen molar-refractivity contribution in [3.63, 3.8) is 0 Å². The smallest absolute Gasteiger partial charge is 0.240 e. The molecule has 0 saturated heterocycles. The topological polar surface area (TPSA) is 78.0 Å². The molecule has 0 amide bonds. The summed E-state index contributed by atoms with van der Waals surface area (Å²) in [6.45, 7) is 0. The number of sulfonamides is 1. The lowest BCUT2D eigenvalue weighted by atomic mass is 9.99. The fourth-order valence-electron chi connectivity index (χ4n) is 2.49. The van der Waals surface area contributed by atoms with Gasteiger partial charge in [-0.1, -0.05) is 23.7 Å². The summed E-state index contributed by atoms with van der Waals surface area (Å²) in [5.74, 6) is 0. The minimum atomic E-state index is -4.83. The van der Waals surface area contributed by atoms with Crippen molar-refractivity contribution >= 4 is 21.6 Å². The minimum absolute atomic E-state index is 0.00390. The van der Waals surface area contributed by atoms with Crippen LogP contribution >= 0.6 is 11.6 Å². The summed E-state index contributed by atoms with van der Waals surface area (Å²) >= 11 is 5.83. The van der Waals surface area contributed by atoms with Crippen LogP contribution in [-0.2, 0) is 16.2 Å². The van der Waals surface area contributed by atoms with E-state index >= 15 is 0 Å². The second-order valence-electron chi connectivity index (χ2n) is 5.37. The van der Waals surface area contributed by atoms with Crippen LogP contribution in [0.25, 0.3) is 16.8 Å². The molecule has 0 spiro atoms. The Bertz CT molecular complexity index is 1050. The highest BCUT2D eigenvalue weighted by atomic mass is 35.5. The van der Waals surface area contributed by atoms with E-state index in [1.54, 1.807) is 0 Å². The molecule has 1 heterocycles. The van der Waals surface area contributed by atoms with E-state index in [4.69, 9.17) is 16.7 Å². The first-order valence-corrected chi connectivity index (χ1v) is 9.04. The van der Waals surface area contributed by atoms with Gasteiger partial charge in [0, 0.05) is 23.0 Å². The predicted molar refractivity (Wildman–Crippen MR) is 90.4 cm³/mol. The van der Waals surface area contributed by atoms with Crippen LogP contribution in [0.3, 0.4) is 0 Å². The normalized spacial score (nSPS) is 12.3. The van der Waals surface area contributed by atoms with Gasteiger partial charge < -0.3 is 0 Å². The van der Waals surface area contributed by atoms with E-state index in [0.717, 1.165) is 10.7 Å². The Balaban J connectivity index is 2.45. The second-order valence-corrected chi connectivity index (χ2v) is 7.37. The maximum Gasteiger partial charge on any atom is 0.418 e. The molecule has 1 aromatic heterocycles. The summed E-state index contributed by atoms with van der Waals surface area (Å²) in [7, 11) is -4.37. The van der Waals surface area contributed by atoms with Crippen molar-refractivity contribution in [1.29, 1.82) is 0 Å². The second kappa shape index (κ2) is 6.42. The number of aromatic nitrogens is 2. The number of nitrogens with zero attached hydrogens (tertiary/aromatic N) is 2. The zero-order chi connectivity index (χ0) is 19.1. The number of primary sulfonamides is 1. The molecule has 0 atom stereocenters. The van der Waals surface area contributed by atoms with E-state index in [-0.39, 0.29) is 11.3 Å². The summed E-state index contributed by atoms with van der Waals surface area (Å²) in [5, 5.41) is 9.32. The molecule has 3 rings (SSSR count). The van der Waals surface area contributed by atoms with Crippen LogP contribution in [0.4, 0.5) is 13.2 Å². The fraction of sp³-hybridized carbons (Fsp3) is 0.0625. The van der Waals surface area contributed by atoms with Gasteiger partial charge in [-0.05, 0) is 35.9 Å². The number of hydrogen-bond donors (Lipinski definition) is 1. The maximum atomic E-state index is 13.7. The zero-order valence-electron chi connectivity index (χ0n) is 12.9. The number of nitrogens with two attached hydrogens (primary N) is 1. The van der Waals surface area contributed by atoms with Gasteiger partial charge in [-0.15, -0.1) is 0 Å². The van der Waals surface area contributed by atoms with Crippen molar-refractivity contribution in [2.45, 2.75) is 11.1 Å². The highest BCUT2D eigenvalue weighted by molar-refractivity contribution is 7.89. The highest BCUT2D eigenvalue weighted by Gasteiger charge is 2.37. The third kappa shape index (κ3) is 3.59. The molecule has 136 valence electrons. The average molecular weight is 402 g/mol. The average Bonchev–Trinajstić information content (AvgIpc) is 3.07. The van der Waals surface area contributed by atoms with Crippen LogP contribution in [0.15, 0.2) is 59.8 Å². The lowest BCUT2D eigenvalue weighted by Gasteiger charge is -2.19.